The molecule has 0 atom stereocenters. The standard InChI is InChI=1S/C12H21NOS/c1-11(2)10-15-7-3-5-13-8-12-4-6-14-9-12/h4,6,9,11,13H,3,5,7-8,10H2,1-2H3. The van der Waals surface area contributed by atoms with E-state index in [2.05, 4.69) is 30.9 Å². The molecule has 0 aliphatic heterocycles. The molecular weight excluding hydrogens is 206 g/mol. The van der Waals surface area contributed by atoms with Gasteiger partial charge in [-0.2, -0.15) is 11.8 Å². The second-order valence-electron chi connectivity index (χ2n) is 4.13. The lowest BCUT2D eigenvalue weighted by Crippen LogP contribution is -2.14. The van der Waals surface area contributed by atoms with Crippen molar-refractivity contribution in [2.45, 2.75) is 26.8 Å². The smallest absolute Gasteiger partial charge is 0.0947 e. The van der Waals surface area contributed by atoms with E-state index in [1.807, 2.05) is 6.07 Å². The van der Waals surface area contributed by atoms with Crippen LogP contribution >= 0.6 is 11.8 Å². The van der Waals surface area contributed by atoms with Gasteiger partial charge in [-0.25, -0.2) is 0 Å². The average molecular weight is 227 g/mol. The Morgan fingerprint density at radius 2 is 2.33 bits per heavy atom. The van der Waals surface area contributed by atoms with Gasteiger partial charge in [0.2, 0.25) is 0 Å². The quantitative estimate of drug-likeness (QED) is 0.691. The first-order chi connectivity index (χ1) is 7.29. The third kappa shape index (κ3) is 6.63. The van der Waals surface area contributed by atoms with Gasteiger partial charge in [0.15, 0.2) is 0 Å². The SMILES string of the molecule is CC(C)CSCCCNCc1ccoc1. The molecule has 15 heavy (non-hydrogen) atoms. The summed E-state index contributed by atoms with van der Waals surface area (Å²) in [6.07, 6.45) is 4.76. The monoisotopic (exact) mass is 227 g/mol. The molecule has 0 spiro atoms. The van der Waals surface area contributed by atoms with Crippen LogP contribution in [0.25, 0.3) is 0 Å². The van der Waals surface area contributed by atoms with Gasteiger partial charge in [-0.05, 0) is 36.5 Å². The van der Waals surface area contributed by atoms with Crippen LogP contribution in [-0.4, -0.2) is 18.1 Å². The summed E-state index contributed by atoms with van der Waals surface area (Å²) in [6, 6.07) is 2.00. The van der Waals surface area contributed by atoms with Crippen LogP contribution in [0.5, 0.6) is 0 Å². The third-order valence-corrected chi connectivity index (χ3v) is 3.48. The largest absolute Gasteiger partial charge is 0.472 e. The molecule has 1 heterocycles. The van der Waals surface area contributed by atoms with E-state index in [0.29, 0.717) is 0 Å². The fourth-order valence-corrected chi connectivity index (χ4v) is 2.23. The van der Waals surface area contributed by atoms with E-state index in [4.69, 9.17) is 4.42 Å². The summed E-state index contributed by atoms with van der Waals surface area (Å²) in [4.78, 5) is 0. The Kier molecular flexibility index (Phi) is 6.60. The van der Waals surface area contributed by atoms with Gasteiger partial charge in [0.1, 0.15) is 0 Å². The molecule has 0 aromatic carbocycles. The lowest BCUT2D eigenvalue weighted by molar-refractivity contribution is 0.560. The zero-order chi connectivity index (χ0) is 10.9. The van der Waals surface area contributed by atoms with Crippen LogP contribution in [-0.2, 0) is 6.54 Å². The van der Waals surface area contributed by atoms with Crippen LogP contribution in [0.2, 0.25) is 0 Å². The normalized spacial score (nSPS) is 11.1. The Labute approximate surface area is 96.8 Å². The van der Waals surface area contributed by atoms with Crippen LogP contribution in [0.4, 0.5) is 0 Å². The van der Waals surface area contributed by atoms with Gasteiger partial charge >= 0.3 is 0 Å². The van der Waals surface area contributed by atoms with Gasteiger partial charge in [0, 0.05) is 12.1 Å². The van der Waals surface area contributed by atoms with Crippen molar-refractivity contribution in [2.75, 3.05) is 18.1 Å². The Bertz CT molecular complexity index is 234. The maximum atomic E-state index is 4.99. The summed E-state index contributed by atoms with van der Waals surface area (Å²) < 4.78 is 4.99. The van der Waals surface area contributed by atoms with E-state index in [0.717, 1.165) is 19.0 Å². The molecule has 1 aromatic rings. The minimum atomic E-state index is 0.814. The second-order valence-corrected chi connectivity index (χ2v) is 5.28. The number of thioether (sulfide) groups is 1. The van der Waals surface area contributed by atoms with Crippen molar-refractivity contribution in [1.29, 1.82) is 0 Å². The highest BCUT2D eigenvalue weighted by Gasteiger charge is 1.95. The molecule has 0 amide bonds. The molecule has 86 valence electrons. The number of hydrogen-bond acceptors (Lipinski definition) is 3. The molecule has 0 aliphatic rings. The van der Waals surface area contributed by atoms with Crippen LogP contribution in [0.1, 0.15) is 25.8 Å². The second kappa shape index (κ2) is 7.83. The van der Waals surface area contributed by atoms with E-state index < -0.39 is 0 Å². The van der Waals surface area contributed by atoms with E-state index >= 15 is 0 Å². The minimum absolute atomic E-state index is 0.814. The number of hydrogen-bond donors (Lipinski definition) is 1. The highest BCUT2D eigenvalue weighted by Crippen LogP contribution is 2.08. The van der Waals surface area contributed by atoms with Crippen LogP contribution in [0.3, 0.4) is 0 Å². The van der Waals surface area contributed by atoms with Crippen molar-refractivity contribution in [2.24, 2.45) is 5.92 Å². The van der Waals surface area contributed by atoms with Crippen LogP contribution in [0, 0.1) is 5.92 Å². The maximum absolute atomic E-state index is 4.99. The van der Waals surface area contributed by atoms with E-state index in [-0.39, 0.29) is 0 Å². The summed E-state index contributed by atoms with van der Waals surface area (Å²) >= 11 is 2.05. The van der Waals surface area contributed by atoms with Crippen LogP contribution < -0.4 is 5.32 Å². The van der Waals surface area contributed by atoms with Gasteiger partial charge in [0.25, 0.3) is 0 Å². The first-order valence-corrected chi connectivity index (χ1v) is 6.74. The first-order valence-electron chi connectivity index (χ1n) is 5.58. The Morgan fingerprint density at radius 3 is 3.00 bits per heavy atom. The maximum Gasteiger partial charge on any atom is 0.0947 e. The highest BCUT2D eigenvalue weighted by atomic mass is 32.2. The average Bonchev–Trinajstić information content (AvgIpc) is 2.68. The van der Waals surface area contributed by atoms with Gasteiger partial charge < -0.3 is 9.73 Å². The molecule has 0 radical (unpaired) electrons. The van der Waals surface area contributed by atoms with Crippen molar-refractivity contribution in [1.82, 2.24) is 5.32 Å². The van der Waals surface area contributed by atoms with E-state index in [1.165, 1.54) is 23.5 Å². The number of rotatable bonds is 8. The Morgan fingerprint density at radius 1 is 1.47 bits per heavy atom. The number of furan rings is 1. The van der Waals surface area contributed by atoms with Crippen molar-refractivity contribution in [3.05, 3.63) is 24.2 Å². The van der Waals surface area contributed by atoms with E-state index in [9.17, 15) is 0 Å². The molecule has 3 heteroatoms. The third-order valence-electron chi connectivity index (χ3n) is 2.00. The first kappa shape index (κ1) is 12.7. The summed E-state index contributed by atoms with van der Waals surface area (Å²) in [5, 5.41) is 3.40. The summed E-state index contributed by atoms with van der Waals surface area (Å²) in [5.74, 6) is 3.35. The zero-order valence-corrected chi connectivity index (χ0v) is 10.5. The highest BCUT2D eigenvalue weighted by molar-refractivity contribution is 7.99. The lowest BCUT2D eigenvalue weighted by Gasteiger charge is -2.05. The molecule has 0 aliphatic carbocycles. The van der Waals surface area contributed by atoms with Gasteiger partial charge in [-0.3, -0.25) is 0 Å². The van der Waals surface area contributed by atoms with Crippen molar-refractivity contribution >= 4 is 11.8 Å². The molecule has 0 bridgehead atoms. The van der Waals surface area contributed by atoms with Crippen LogP contribution in [0.15, 0.2) is 23.0 Å². The molecule has 0 fully saturated rings. The Hall–Kier alpha value is -0.410. The molecule has 2 nitrogen and oxygen atoms in total. The molecule has 1 aromatic heterocycles. The molecular formula is C12H21NOS. The van der Waals surface area contributed by atoms with Crippen molar-refractivity contribution in [3.8, 4) is 0 Å². The predicted octanol–water partition coefficient (Wildman–Crippen LogP) is 3.15. The fraction of sp³-hybridized carbons (Fsp3) is 0.667. The topological polar surface area (TPSA) is 25.2 Å². The molecule has 0 saturated carbocycles. The van der Waals surface area contributed by atoms with Gasteiger partial charge in [0.05, 0.1) is 12.5 Å². The molecule has 1 N–H and O–H groups in total. The van der Waals surface area contributed by atoms with Gasteiger partial charge in [-0.15, -0.1) is 0 Å². The van der Waals surface area contributed by atoms with Crippen molar-refractivity contribution in [3.63, 3.8) is 0 Å². The van der Waals surface area contributed by atoms with E-state index in [1.54, 1.807) is 12.5 Å². The molecule has 0 unspecified atom stereocenters. The Balaban J connectivity index is 1.85. The molecule has 0 saturated heterocycles. The summed E-state index contributed by atoms with van der Waals surface area (Å²) in [7, 11) is 0. The summed E-state index contributed by atoms with van der Waals surface area (Å²) in [6.45, 7) is 6.55. The minimum Gasteiger partial charge on any atom is -0.472 e. The number of nitrogens with one attached hydrogen (secondary N) is 1. The van der Waals surface area contributed by atoms with Crippen molar-refractivity contribution < 1.29 is 4.42 Å². The fourth-order valence-electron chi connectivity index (χ4n) is 1.24. The molecule has 1 rings (SSSR count). The predicted molar refractivity (Wildman–Crippen MR) is 67.2 cm³/mol. The lowest BCUT2D eigenvalue weighted by atomic mass is 10.3. The zero-order valence-electron chi connectivity index (χ0n) is 9.66. The summed E-state index contributed by atoms with van der Waals surface area (Å²) in [5.41, 5.74) is 1.23. The van der Waals surface area contributed by atoms with Gasteiger partial charge in [-0.1, -0.05) is 13.8 Å².